The lowest BCUT2D eigenvalue weighted by Crippen LogP contribution is -2.40. The van der Waals surface area contributed by atoms with Crippen LogP contribution in [0.25, 0.3) is 0 Å². The third-order valence-electron chi connectivity index (χ3n) is 3.57. The monoisotopic (exact) mass is 235 g/mol. The van der Waals surface area contributed by atoms with Gasteiger partial charge >= 0.3 is 0 Å². The van der Waals surface area contributed by atoms with Gasteiger partial charge in [0.1, 0.15) is 0 Å². The molecule has 5 nitrogen and oxygen atoms in total. The first-order valence-corrected chi connectivity index (χ1v) is 5.90. The number of pyridine rings is 1. The van der Waals surface area contributed by atoms with Crippen molar-refractivity contribution in [2.24, 2.45) is 0 Å². The van der Waals surface area contributed by atoms with Gasteiger partial charge in [0, 0.05) is 26.3 Å². The van der Waals surface area contributed by atoms with Crippen LogP contribution in [0.4, 0.5) is 11.5 Å². The lowest BCUT2D eigenvalue weighted by molar-refractivity contribution is 0.118. The van der Waals surface area contributed by atoms with Gasteiger partial charge < -0.3 is 19.7 Å². The van der Waals surface area contributed by atoms with Crippen LogP contribution in [-0.2, 0) is 4.74 Å². The Bertz CT molecular complexity index is 424. The molecule has 0 aromatic carbocycles. The van der Waals surface area contributed by atoms with Crippen LogP contribution in [0, 0.1) is 0 Å². The molecule has 3 rings (SSSR count). The van der Waals surface area contributed by atoms with Gasteiger partial charge in [-0.15, -0.1) is 0 Å². The number of ether oxygens (including phenoxy) is 2. The van der Waals surface area contributed by atoms with Crippen molar-refractivity contribution >= 4 is 11.5 Å². The highest BCUT2D eigenvalue weighted by Gasteiger charge is 2.36. The van der Waals surface area contributed by atoms with Crippen molar-refractivity contribution in [3.8, 4) is 5.88 Å². The summed E-state index contributed by atoms with van der Waals surface area (Å²) in [5.74, 6) is 1.65. The molecule has 92 valence electrons. The highest BCUT2D eigenvalue weighted by Crippen LogP contribution is 2.36. The number of aromatic nitrogens is 1. The maximum Gasteiger partial charge on any atom is 0.215 e. The van der Waals surface area contributed by atoms with E-state index in [0.717, 1.165) is 31.0 Å². The van der Waals surface area contributed by atoms with Crippen molar-refractivity contribution in [2.75, 3.05) is 37.5 Å². The van der Waals surface area contributed by atoms with Crippen molar-refractivity contribution in [3.63, 3.8) is 0 Å². The zero-order valence-electron chi connectivity index (χ0n) is 10.1. The van der Waals surface area contributed by atoms with Crippen LogP contribution in [0.2, 0.25) is 0 Å². The van der Waals surface area contributed by atoms with Crippen molar-refractivity contribution in [3.05, 3.63) is 12.1 Å². The molecule has 0 amide bonds. The van der Waals surface area contributed by atoms with Crippen LogP contribution in [0.5, 0.6) is 5.88 Å². The molecule has 0 radical (unpaired) electrons. The molecule has 2 unspecified atom stereocenters. The third kappa shape index (κ3) is 1.70. The molecule has 2 aliphatic heterocycles. The van der Waals surface area contributed by atoms with Crippen LogP contribution in [0.1, 0.15) is 6.42 Å². The summed E-state index contributed by atoms with van der Waals surface area (Å²) < 4.78 is 10.6. The van der Waals surface area contributed by atoms with Gasteiger partial charge in [-0.1, -0.05) is 0 Å². The Kier molecular flexibility index (Phi) is 2.55. The molecule has 1 fully saturated rings. The molecule has 0 spiro atoms. The predicted molar refractivity (Wildman–Crippen MR) is 65.8 cm³/mol. The predicted octanol–water partition coefficient (Wildman–Crippen LogP) is 1.11. The summed E-state index contributed by atoms with van der Waals surface area (Å²) in [5.41, 5.74) is 1.08. The van der Waals surface area contributed by atoms with Gasteiger partial charge in [0.25, 0.3) is 0 Å². The molecule has 3 heterocycles. The fraction of sp³-hybridized carbons (Fsp3) is 0.583. The van der Waals surface area contributed by atoms with Gasteiger partial charge in [-0.3, -0.25) is 0 Å². The van der Waals surface area contributed by atoms with E-state index in [1.54, 1.807) is 14.2 Å². The van der Waals surface area contributed by atoms with Gasteiger partial charge in [0.05, 0.1) is 24.9 Å². The number of rotatable bonds is 2. The van der Waals surface area contributed by atoms with E-state index in [0.29, 0.717) is 18.0 Å². The third-order valence-corrected chi connectivity index (χ3v) is 3.57. The summed E-state index contributed by atoms with van der Waals surface area (Å²) in [6, 6.07) is 4.39. The van der Waals surface area contributed by atoms with Crippen molar-refractivity contribution < 1.29 is 9.47 Å². The lowest BCUT2D eigenvalue weighted by Gasteiger charge is -2.33. The minimum atomic E-state index is 0.306. The molecule has 1 N–H and O–H groups in total. The quantitative estimate of drug-likeness (QED) is 0.832. The van der Waals surface area contributed by atoms with E-state index in [1.807, 2.05) is 12.1 Å². The molecular formula is C12H17N3O2. The first-order valence-electron chi connectivity index (χ1n) is 5.90. The first kappa shape index (κ1) is 10.7. The zero-order valence-corrected chi connectivity index (χ0v) is 10.1. The maximum atomic E-state index is 5.45. The van der Waals surface area contributed by atoms with Crippen LogP contribution >= 0.6 is 0 Å². The molecule has 2 atom stereocenters. The van der Waals surface area contributed by atoms with Gasteiger partial charge in [-0.25, -0.2) is 0 Å². The molecule has 0 saturated carbocycles. The van der Waals surface area contributed by atoms with Gasteiger partial charge in [-0.05, 0) is 12.5 Å². The Morgan fingerprint density at radius 1 is 1.41 bits per heavy atom. The Hall–Kier alpha value is -1.49. The molecule has 5 heteroatoms. The maximum absolute atomic E-state index is 5.45. The molecule has 2 aliphatic rings. The number of nitrogens with zero attached hydrogens (tertiary/aromatic N) is 2. The number of hydrogen-bond donors (Lipinski definition) is 1. The smallest absolute Gasteiger partial charge is 0.215 e. The molecule has 1 aromatic rings. The Morgan fingerprint density at radius 2 is 2.29 bits per heavy atom. The van der Waals surface area contributed by atoms with E-state index < -0.39 is 0 Å². The SMILES string of the molecule is COc1ccc2c(n1)N1CC(OC)CC1CN2. The van der Waals surface area contributed by atoms with Gasteiger partial charge in [0.15, 0.2) is 5.82 Å². The van der Waals surface area contributed by atoms with Crippen molar-refractivity contribution in [2.45, 2.75) is 18.6 Å². The van der Waals surface area contributed by atoms with Crippen LogP contribution in [0.3, 0.4) is 0 Å². The summed E-state index contributed by atoms with van der Waals surface area (Å²) in [4.78, 5) is 6.85. The highest BCUT2D eigenvalue weighted by molar-refractivity contribution is 5.70. The molecule has 17 heavy (non-hydrogen) atoms. The summed E-state index contributed by atoms with van der Waals surface area (Å²) in [7, 11) is 3.42. The second-order valence-electron chi connectivity index (χ2n) is 4.51. The number of nitrogens with one attached hydrogen (secondary N) is 1. The Balaban J connectivity index is 1.94. The summed E-state index contributed by atoms with van der Waals surface area (Å²) >= 11 is 0. The van der Waals surface area contributed by atoms with E-state index in [4.69, 9.17) is 9.47 Å². The largest absolute Gasteiger partial charge is 0.481 e. The average Bonchev–Trinajstić information content (AvgIpc) is 2.81. The lowest BCUT2D eigenvalue weighted by atomic mass is 10.1. The topological polar surface area (TPSA) is 46.6 Å². The average molecular weight is 235 g/mol. The summed E-state index contributed by atoms with van der Waals surface area (Å²) in [5, 5.41) is 3.41. The van der Waals surface area contributed by atoms with Crippen LogP contribution in [-0.4, -0.2) is 44.4 Å². The summed E-state index contributed by atoms with van der Waals surface area (Å²) in [6.45, 7) is 1.87. The summed E-state index contributed by atoms with van der Waals surface area (Å²) in [6.07, 6.45) is 1.36. The van der Waals surface area contributed by atoms with Crippen LogP contribution < -0.4 is 15.0 Å². The van der Waals surface area contributed by atoms with E-state index in [9.17, 15) is 0 Å². The minimum Gasteiger partial charge on any atom is -0.481 e. The fourth-order valence-electron chi connectivity index (χ4n) is 2.63. The van der Waals surface area contributed by atoms with Crippen molar-refractivity contribution in [1.29, 1.82) is 0 Å². The van der Waals surface area contributed by atoms with E-state index in [-0.39, 0.29) is 0 Å². The van der Waals surface area contributed by atoms with E-state index >= 15 is 0 Å². The fourth-order valence-corrected chi connectivity index (χ4v) is 2.63. The minimum absolute atomic E-state index is 0.306. The molecular weight excluding hydrogens is 218 g/mol. The van der Waals surface area contributed by atoms with Gasteiger partial charge in [-0.2, -0.15) is 4.98 Å². The number of fused-ring (bicyclic) bond motifs is 3. The molecule has 0 bridgehead atoms. The molecule has 1 saturated heterocycles. The standard InChI is InChI=1S/C12H17N3O2/c1-16-9-5-8-6-13-10-3-4-11(17-2)14-12(10)15(8)7-9/h3-4,8-9,13H,5-7H2,1-2H3. The second-order valence-corrected chi connectivity index (χ2v) is 4.51. The number of anilines is 2. The highest BCUT2D eigenvalue weighted by atomic mass is 16.5. The Labute approximate surface area is 101 Å². The van der Waals surface area contributed by atoms with E-state index in [1.165, 1.54) is 0 Å². The normalized spacial score (nSPS) is 26.1. The molecule has 1 aromatic heterocycles. The Morgan fingerprint density at radius 3 is 3.06 bits per heavy atom. The number of methoxy groups -OCH3 is 2. The first-order chi connectivity index (χ1) is 8.31. The van der Waals surface area contributed by atoms with Crippen LogP contribution in [0.15, 0.2) is 12.1 Å². The second kappa shape index (κ2) is 4.07. The van der Waals surface area contributed by atoms with E-state index in [2.05, 4.69) is 15.2 Å². The molecule has 0 aliphatic carbocycles. The zero-order chi connectivity index (χ0) is 11.8. The van der Waals surface area contributed by atoms with Crippen molar-refractivity contribution in [1.82, 2.24) is 4.98 Å². The number of hydrogen-bond acceptors (Lipinski definition) is 5. The van der Waals surface area contributed by atoms with Gasteiger partial charge in [0.2, 0.25) is 5.88 Å².